The van der Waals surface area contributed by atoms with Gasteiger partial charge in [0.15, 0.2) is 23.2 Å². The number of amides is 2. The minimum Gasteiger partial charge on any atom is -0.481 e. The smallest absolute Gasteiger partial charge is 0.446 e. The molecule has 43 heteroatoms. The number of anilines is 2. The van der Waals surface area contributed by atoms with E-state index in [1.807, 2.05) is 93.5 Å². The van der Waals surface area contributed by atoms with Crippen LogP contribution in [-0.2, 0) is 133 Å². The van der Waals surface area contributed by atoms with Crippen LogP contribution in [0.15, 0.2) is 24.3 Å². The Kier molecular flexibility index (Phi) is 40.5. The number of Topliss-reactive ketones (excluding diaryl/α,β-unsaturated/α-hetero) is 1. The second kappa shape index (κ2) is 44.4. The summed E-state index contributed by atoms with van der Waals surface area (Å²) in [6.45, 7) is 31.6. The van der Waals surface area contributed by atoms with Crippen molar-refractivity contribution in [3.63, 3.8) is 0 Å². The van der Waals surface area contributed by atoms with Crippen LogP contribution in [0.25, 0.3) is 16.6 Å². The van der Waals surface area contributed by atoms with Crippen molar-refractivity contribution in [1.29, 1.82) is 0 Å². The van der Waals surface area contributed by atoms with Gasteiger partial charge >= 0.3 is 31.2 Å². The van der Waals surface area contributed by atoms with Crippen molar-refractivity contribution in [2.75, 3.05) is 56.2 Å². The summed E-state index contributed by atoms with van der Waals surface area (Å²) in [7, 11) is -6.76. The van der Waals surface area contributed by atoms with E-state index in [0.29, 0.717) is 34.1 Å². The molecule has 2 aliphatic carbocycles. The summed E-state index contributed by atoms with van der Waals surface area (Å²) in [5.74, 6) is -6.89. The number of aliphatic carboxylic acids is 4. The van der Waals surface area contributed by atoms with Crippen molar-refractivity contribution in [1.82, 2.24) is 29.2 Å². The number of aliphatic hydroxyl groups excluding tert-OH is 1. The van der Waals surface area contributed by atoms with E-state index in [4.69, 9.17) is 125 Å². The molecule has 4 aromatic rings. The summed E-state index contributed by atoms with van der Waals surface area (Å²) in [5, 5.41) is 48.4. The number of aliphatic hydroxyl groups is 1. The summed E-state index contributed by atoms with van der Waals surface area (Å²) in [4.78, 5) is 101. The predicted molar refractivity (Wildman–Crippen MR) is 397 cm³/mol. The number of ether oxygens (including phenoxy) is 10. The number of nitrogens with zero attached hydrogens (tertiary/aromatic N) is 10. The molecule has 37 nitrogen and oxygen atoms in total. The third-order valence-corrected chi connectivity index (χ3v) is 19.7. The fourth-order valence-electron chi connectivity index (χ4n) is 12.3. The molecule has 10 rings (SSSR count). The van der Waals surface area contributed by atoms with Gasteiger partial charge in [0.25, 0.3) is 23.9 Å². The van der Waals surface area contributed by atoms with Gasteiger partial charge in [-0.25, -0.2) is 28.0 Å². The van der Waals surface area contributed by atoms with Gasteiger partial charge in [-0.3, -0.25) is 33.8 Å². The van der Waals surface area contributed by atoms with Crippen LogP contribution in [0.5, 0.6) is 0 Å². The van der Waals surface area contributed by atoms with Crippen molar-refractivity contribution in [3.05, 3.63) is 51.8 Å². The number of ketones is 1. The molecular formula is C69H106Cl2N10O27P2Rh2. The van der Waals surface area contributed by atoms with Gasteiger partial charge < -0.3 is 92.0 Å². The molecule has 4 aromatic heterocycles. The molecule has 9 atom stereocenters. The zero-order valence-electron chi connectivity index (χ0n) is 66.4. The summed E-state index contributed by atoms with van der Waals surface area (Å²) in [5.41, 5.74) is 9.01. The van der Waals surface area contributed by atoms with Crippen molar-refractivity contribution in [2.24, 2.45) is 0 Å². The van der Waals surface area contributed by atoms with Crippen LogP contribution in [0, 0.1) is 0 Å². The Bertz CT molecular complexity index is 3930. The average molecular weight is 1850 g/mol. The number of halogens is 2. The monoisotopic (exact) mass is 1840 g/mol. The predicted octanol–water partition coefficient (Wildman–Crippen LogP) is 11.4. The SMILES string of the molecule is CC(=O)O.CC(=O)O.CC(=O)O.CC(=O)O.CC(C)(C)OC(=O)N(c1nc(Cl)nn2c([C@H]3O[C@H](CO)[C@H]4OC(C)(C)O[C@H]43)ccc12)C1CCCC1.CCOC(=O)C(OC[C@H]1OC(c2ccc3c(N(C(=O)OC(C)(C)C)C4CCCC4)nc(Cl)nn23)[C@@H]2OC(C)(C)O[C@H]12)P(C)(C)=O.CCOP(=O)(OCC)C(=[N+]=[N-])C(C)=O.[Rh].[Rh]. The fraction of sp³-hybridized carbons (Fsp3) is 0.696. The molecule has 4 saturated heterocycles. The van der Waals surface area contributed by atoms with Gasteiger partial charge in [-0.15, -0.1) is 10.2 Å². The second-order valence-electron chi connectivity index (χ2n) is 28.9. The van der Waals surface area contributed by atoms with Crippen LogP contribution in [0.2, 0.25) is 10.6 Å². The van der Waals surface area contributed by atoms with Crippen LogP contribution in [0.1, 0.15) is 200 Å². The number of aromatic nitrogens is 6. The van der Waals surface area contributed by atoms with Gasteiger partial charge in [0.2, 0.25) is 22.2 Å². The molecule has 6 aliphatic rings. The Balaban J connectivity index is 0.000000558. The van der Waals surface area contributed by atoms with Crippen molar-refractivity contribution in [3.8, 4) is 0 Å². The van der Waals surface area contributed by atoms with Gasteiger partial charge in [-0.2, -0.15) is 14.8 Å². The number of carbonyl (C=O) groups is 8. The van der Waals surface area contributed by atoms with E-state index in [2.05, 4.69) is 25.0 Å². The molecule has 636 valence electrons. The molecule has 2 saturated carbocycles. The Morgan fingerprint density at radius 1 is 0.607 bits per heavy atom. The van der Waals surface area contributed by atoms with E-state index in [0.717, 1.165) is 86.0 Å². The molecule has 0 spiro atoms. The molecule has 0 bridgehead atoms. The van der Waals surface area contributed by atoms with Gasteiger partial charge in [0, 0.05) is 85.7 Å². The minimum atomic E-state index is -3.74. The first-order valence-electron chi connectivity index (χ1n) is 35.4. The van der Waals surface area contributed by atoms with E-state index < -0.39 is 145 Å². The Morgan fingerprint density at radius 2 is 0.946 bits per heavy atom. The Morgan fingerprint density at radius 3 is 1.25 bits per heavy atom. The zero-order chi connectivity index (χ0) is 83.5. The Hall–Kier alpha value is -5.93. The van der Waals surface area contributed by atoms with Crippen LogP contribution in [-0.4, -0.2) is 236 Å². The van der Waals surface area contributed by atoms with E-state index in [9.17, 15) is 33.4 Å². The van der Waals surface area contributed by atoms with E-state index in [1.165, 1.54) is 13.3 Å². The summed E-state index contributed by atoms with van der Waals surface area (Å²) >= 11 is 12.9. The average Bonchev–Trinajstić information content (AvgIpc) is 1.58. The molecule has 2 radical (unpaired) electrons. The number of hydrogen-bond acceptors (Lipinski definition) is 27. The van der Waals surface area contributed by atoms with Gasteiger partial charge in [0.05, 0.1) is 44.4 Å². The van der Waals surface area contributed by atoms with Crippen LogP contribution in [0.4, 0.5) is 21.2 Å². The second-order valence-corrected chi connectivity index (χ2v) is 34.8. The number of carboxylic acids is 4. The maximum Gasteiger partial charge on any atom is 0.446 e. The third-order valence-electron chi connectivity index (χ3n) is 15.8. The summed E-state index contributed by atoms with van der Waals surface area (Å²) in [6.07, 6.45) is 1.95. The van der Waals surface area contributed by atoms with Crippen LogP contribution < -0.4 is 9.80 Å². The van der Waals surface area contributed by atoms with Crippen molar-refractivity contribution >= 4 is 114 Å². The maximum atomic E-state index is 13.6. The van der Waals surface area contributed by atoms with Gasteiger partial charge in [-0.05, 0) is 176 Å². The zero-order valence-corrected chi connectivity index (χ0v) is 72.9. The summed E-state index contributed by atoms with van der Waals surface area (Å²) < 4.78 is 97.5. The van der Waals surface area contributed by atoms with E-state index >= 15 is 0 Å². The normalized spacial score (nSPS) is 21.5. The molecule has 0 aromatic carbocycles. The first-order chi connectivity index (χ1) is 50.9. The number of carboxylic acid groups (broad SMARTS) is 4. The molecule has 4 aliphatic heterocycles. The first kappa shape index (κ1) is 102. The fourth-order valence-corrected chi connectivity index (χ4v) is 15.2. The maximum absolute atomic E-state index is 13.6. The Labute approximate surface area is 685 Å². The number of carbonyl (C=O) groups excluding carboxylic acids is 4. The molecule has 112 heavy (non-hydrogen) atoms. The third kappa shape index (κ3) is 30.0. The van der Waals surface area contributed by atoms with Crippen LogP contribution >= 0.6 is 37.9 Å². The van der Waals surface area contributed by atoms with Gasteiger partial charge in [0.1, 0.15) is 78.2 Å². The molecule has 2 amide bonds. The van der Waals surface area contributed by atoms with Crippen LogP contribution in [0.3, 0.4) is 0 Å². The quantitative estimate of drug-likeness (QED) is 0.0111. The topological polar surface area (TPSA) is 486 Å². The molecule has 5 N–H and O–H groups in total. The molecule has 2 unspecified atom stereocenters. The number of hydrogen-bond donors (Lipinski definition) is 5. The first-order valence-corrected chi connectivity index (χ1v) is 40.4. The van der Waals surface area contributed by atoms with Gasteiger partial charge in [-0.1, -0.05) is 25.7 Å². The molecular weight excluding hydrogens is 1740 g/mol. The van der Waals surface area contributed by atoms with E-state index in [1.54, 1.807) is 39.6 Å². The molecule has 6 fully saturated rings. The number of rotatable bonds is 19. The van der Waals surface area contributed by atoms with Crippen molar-refractivity contribution < 1.29 is 173 Å². The minimum absolute atomic E-state index is 0. The number of esters is 1. The standard InChI is InChI=1S/C30H44ClN4O9P.C24H33ClN4O6.C7H13N2O4P.4C2H4O2.2Rh/c1-9-39-25(36)26(45(7,8)38)40-16-20-22-23(43-30(5,6)42-22)21(41-20)18-14-15-19-24(32-27(31)33-35(18)19)34(17-12-10-11-13-17)28(37)44-29(2,3)4;1-23(2,3)35-22(31)28(13-8-6-7-9-13)20-15-11-10-14(29(15)27-21(25)26-20)17-19-18(16(12-30)32-17)33-24(4,5)34-19;1-4-12-14(11,13-5-2)7(9-8)6(3)10;4*1-2(3)4;;/h14-15,17,20-23,26H,9-13,16H2,1-8H3;10-11,13,16-19,30H,6-9,12H2,1-5H3;4-5H2,1-3H3;4*1H3,(H,3,4);;/t20-,21?,22-,23+,26?;16-,17-,18-,19+;;;;;;;/m11......./s1. The van der Waals surface area contributed by atoms with E-state index in [-0.39, 0.29) is 94.6 Å². The largest absolute Gasteiger partial charge is 0.481 e. The van der Waals surface area contributed by atoms with Crippen molar-refractivity contribution in [2.45, 2.75) is 266 Å². The summed E-state index contributed by atoms with van der Waals surface area (Å²) in [6, 6.07) is 7.21. The molecule has 8 heterocycles. The number of fused-ring (bicyclic) bond motifs is 4.